The average molecular weight is 215 g/mol. The molecule has 0 saturated heterocycles. The van der Waals surface area contributed by atoms with Crippen LogP contribution >= 0.6 is 0 Å². The Morgan fingerprint density at radius 3 is 2.56 bits per heavy atom. The minimum Gasteiger partial charge on any atom is -0.481 e. The van der Waals surface area contributed by atoms with Gasteiger partial charge in [0.1, 0.15) is 0 Å². The van der Waals surface area contributed by atoms with Crippen LogP contribution in [0.2, 0.25) is 0 Å². The zero-order chi connectivity index (χ0) is 11.4. The summed E-state index contributed by atoms with van der Waals surface area (Å²) in [5.41, 5.74) is 2.18. The van der Waals surface area contributed by atoms with E-state index < -0.39 is 0 Å². The summed E-state index contributed by atoms with van der Waals surface area (Å²) < 4.78 is 5.02. The highest BCUT2D eigenvalue weighted by Gasteiger charge is 1.99. The van der Waals surface area contributed by atoms with Gasteiger partial charge >= 0.3 is 0 Å². The molecule has 2 rings (SSSR count). The van der Waals surface area contributed by atoms with Gasteiger partial charge in [0, 0.05) is 18.0 Å². The summed E-state index contributed by atoms with van der Waals surface area (Å²) in [4.78, 5) is 8.27. The number of rotatable bonds is 3. The normalized spacial score (nSPS) is 9.88. The standard InChI is InChI=1S/C12H13N3O/c1-9-3-5-10(6-4-9)14-12-13-8-7-11(15-12)16-2/h3-8H,1-2H3,(H,13,14,15). The SMILES string of the molecule is COc1ccnc(Nc2ccc(C)cc2)n1. The van der Waals surface area contributed by atoms with Crippen molar-refractivity contribution >= 4 is 11.6 Å². The number of aromatic nitrogens is 2. The molecule has 4 heteroatoms. The van der Waals surface area contributed by atoms with Gasteiger partial charge in [-0.2, -0.15) is 4.98 Å². The van der Waals surface area contributed by atoms with Crippen molar-refractivity contribution in [3.8, 4) is 5.88 Å². The van der Waals surface area contributed by atoms with E-state index in [2.05, 4.69) is 15.3 Å². The van der Waals surface area contributed by atoms with E-state index in [1.807, 2.05) is 31.2 Å². The number of hydrogen-bond donors (Lipinski definition) is 1. The first-order chi connectivity index (χ1) is 7.78. The Balaban J connectivity index is 2.16. The Morgan fingerprint density at radius 1 is 1.12 bits per heavy atom. The molecule has 1 N–H and O–H groups in total. The molecule has 0 fully saturated rings. The van der Waals surface area contributed by atoms with Crippen molar-refractivity contribution < 1.29 is 4.74 Å². The van der Waals surface area contributed by atoms with Crippen LogP contribution in [-0.2, 0) is 0 Å². The van der Waals surface area contributed by atoms with Crippen LogP contribution in [0.3, 0.4) is 0 Å². The van der Waals surface area contributed by atoms with Crippen LogP contribution in [0.15, 0.2) is 36.5 Å². The van der Waals surface area contributed by atoms with Crippen molar-refractivity contribution in [1.29, 1.82) is 0 Å². The molecule has 0 saturated carbocycles. The van der Waals surface area contributed by atoms with Crippen molar-refractivity contribution in [2.24, 2.45) is 0 Å². The highest BCUT2D eigenvalue weighted by Crippen LogP contribution is 2.15. The van der Waals surface area contributed by atoms with Gasteiger partial charge in [-0.15, -0.1) is 0 Å². The summed E-state index contributed by atoms with van der Waals surface area (Å²) in [5, 5.41) is 3.10. The van der Waals surface area contributed by atoms with Crippen LogP contribution in [0, 0.1) is 6.92 Å². The lowest BCUT2D eigenvalue weighted by Gasteiger charge is -2.05. The molecule has 0 bridgehead atoms. The molecule has 1 aromatic heterocycles. The Kier molecular flexibility index (Phi) is 3.00. The van der Waals surface area contributed by atoms with E-state index in [0.29, 0.717) is 11.8 Å². The Labute approximate surface area is 94.3 Å². The first-order valence-electron chi connectivity index (χ1n) is 4.98. The molecule has 0 aliphatic heterocycles. The summed E-state index contributed by atoms with van der Waals surface area (Å²) in [6.45, 7) is 2.05. The van der Waals surface area contributed by atoms with E-state index in [1.54, 1.807) is 19.4 Å². The second-order valence-corrected chi connectivity index (χ2v) is 3.41. The predicted molar refractivity (Wildman–Crippen MR) is 63.0 cm³/mol. The lowest BCUT2D eigenvalue weighted by atomic mass is 10.2. The number of methoxy groups -OCH3 is 1. The molecule has 2 aromatic rings. The Bertz CT molecular complexity index is 468. The van der Waals surface area contributed by atoms with Crippen LogP contribution in [0.1, 0.15) is 5.56 Å². The fourth-order valence-corrected chi connectivity index (χ4v) is 1.28. The summed E-state index contributed by atoms with van der Waals surface area (Å²) in [6.07, 6.45) is 1.66. The predicted octanol–water partition coefficient (Wildman–Crippen LogP) is 2.54. The minimum absolute atomic E-state index is 0.531. The first-order valence-corrected chi connectivity index (χ1v) is 4.98. The average Bonchev–Trinajstić information content (AvgIpc) is 2.32. The fourth-order valence-electron chi connectivity index (χ4n) is 1.28. The highest BCUT2D eigenvalue weighted by molar-refractivity contribution is 5.53. The van der Waals surface area contributed by atoms with Gasteiger partial charge in [0.25, 0.3) is 0 Å². The monoisotopic (exact) mass is 215 g/mol. The highest BCUT2D eigenvalue weighted by atomic mass is 16.5. The van der Waals surface area contributed by atoms with Gasteiger partial charge in [-0.25, -0.2) is 4.98 Å². The quantitative estimate of drug-likeness (QED) is 0.854. The summed E-state index contributed by atoms with van der Waals surface area (Å²) in [6, 6.07) is 9.74. The maximum atomic E-state index is 5.02. The molecule has 0 radical (unpaired) electrons. The Morgan fingerprint density at radius 2 is 1.88 bits per heavy atom. The molecule has 0 spiro atoms. The van der Waals surface area contributed by atoms with Crippen molar-refractivity contribution in [2.75, 3.05) is 12.4 Å². The third kappa shape index (κ3) is 2.48. The lowest BCUT2D eigenvalue weighted by Crippen LogP contribution is -1.98. The van der Waals surface area contributed by atoms with Gasteiger partial charge in [-0.3, -0.25) is 0 Å². The summed E-state index contributed by atoms with van der Waals surface area (Å²) >= 11 is 0. The lowest BCUT2D eigenvalue weighted by molar-refractivity contribution is 0.397. The van der Waals surface area contributed by atoms with E-state index >= 15 is 0 Å². The van der Waals surface area contributed by atoms with E-state index in [0.717, 1.165) is 5.69 Å². The van der Waals surface area contributed by atoms with Crippen molar-refractivity contribution in [2.45, 2.75) is 6.92 Å². The molecule has 0 atom stereocenters. The number of nitrogens with one attached hydrogen (secondary N) is 1. The van der Waals surface area contributed by atoms with Crippen LogP contribution in [0.25, 0.3) is 0 Å². The van der Waals surface area contributed by atoms with E-state index in [4.69, 9.17) is 4.74 Å². The molecule has 0 amide bonds. The van der Waals surface area contributed by atoms with Gasteiger partial charge in [0.2, 0.25) is 11.8 Å². The zero-order valence-corrected chi connectivity index (χ0v) is 9.27. The second kappa shape index (κ2) is 4.61. The third-order valence-corrected chi connectivity index (χ3v) is 2.15. The molecule has 16 heavy (non-hydrogen) atoms. The largest absolute Gasteiger partial charge is 0.481 e. The van der Waals surface area contributed by atoms with Crippen molar-refractivity contribution in [1.82, 2.24) is 9.97 Å². The number of hydrogen-bond acceptors (Lipinski definition) is 4. The van der Waals surface area contributed by atoms with Crippen LogP contribution < -0.4 is 10.1 Å². The number of aryl methyl sites for hydroxylation is 1. The maximum absolute atomic E-state index is 5.02. The van der Waals surface area contributed by atoms with Crippen LogP contribution in [0.4, 0.5) is 11.6 Å². The molecule has 1 aromatic carbocycles. The second-order valence-electron chi connectivity index (χ2n) is 3.41. The molecule has 1 heterocycles. The van der Waals surface area contributed by atoms with E-state index in [1.165, 1.54) is 5.56 Å². The number of nitrogens with zero attached hydrogens (tertiary/aromatic N) is 2. The van der Waals surface area contributed by atoms with Gasteiger partial charge in [0.05, 0.1) is 7.11 Å². The fraction of sp³-hybridized carbons (Fsp3) is 0.167. The van der Waals surface area contributed by atoms with Crippen molar-refractivity contribution in [3.63, 3.8) is 0 Å². The molecule has 82 valence electrons. The summed E-state index contributed by atoms with van der Waals surface area (Å²) in [5.74, 6) is 1.08. The summed E-state index contributed by atoms with van der Waals surface area (Å²) in [7, 11) is 1.58. The number of benzene rings is 1. The molecule has 0 aliphatic carbocycles. The first kappa shape index (κ1) is 10.4. The van der Waals surface area contributed by atoms with Gasteiger partial charge < -0.3 is 10.1 Å². The number of anilines is 2. The molecule has 4 nitrogen and oxygen atoms in total. The third-order valence-electron chi connectivity index (χ3n) is 2.15. The number of ether oxygens (including phenoxy) is 1. The van der Waals surface area contributed by atoms with Gasteiger partial charge in [-0.05, 0) is 19.1 Å². The molecular weight excluding hydrogens is 202 g/mol. The Hall–Kier alpha value is -2.10. The zero-order valence-electron chi connectivity index (χ0n) is 9.27. The van der Waals surface area contributed by atoms with Gasteiger partial charge in [0.15, 0.2) is 0 Å². The topological polar surface area (TPSA) is 47.0 Å². The molecular formula is C12H13N3O. The van der Waals surface area contributed by atoms with E-state index in [9.17, 15) is 0 Å². The maximum Gasteiger partial charge on any atom is 0.230 e. The van der Waals surface area contributed by atoms with E-state index in [-0.39, 0.29) is 0 Å². The van der Waals surface area contributed by atoms with Crippen molar-refractivity contribution in [3.05, 3.63) is 42.1 Å². The van der Waals surface area contributed by atoms with Crippen LogP contribution in [0.5, 0.6) is 5.88 Å². The van der Waals surface area contributed by atoms with Gasteiger partial charge in [-0.1, -0.05) is 17.7 Å². The smallest absolute Gasteiger partial charge is 0.230 e. The minimum atomic E-state index is 0.531. The molecule has 0 unspecified atom stereocenters. The van der Waals surface area contributed by atoms with Crippen LogP contribution in [-0.4, -0.2) is 17.1 Å². The molecule has 0 aliphatic rings.